The highest BCUT2D eigenvalue weighted by Crippen LogP contribution is 2.37. The van der Waals surface area contributed by atoms with Gasteiger partial charge in [0.1, 0.15) is 6.61 Å². The first kappa shape index (κ1) is 31.0. The number of piperidine rings is 1. The predicted octanol–water partition coefficient (Wildman–Crippen LogP) is 7.94. The lowest BCUT2D eigenvalue weighted by Gasteiger charge is -2.32. The number of likely N-dealkylation sites (tertiary alicyclic amines) is 1. The highest BCUT2D eigenvalue weighted by Gasteiger charge is 2.19. The minimum atomic E-state index is 0. The summed E-state index contributed by atoms with van der Waals surface area (Å²) in [4.78, 5) is 2.53. The molecule has 0 unspecified atom stereocenters. The van der Waals surface area contributed by atoms with Crippen LogP contribution in [0.15, 0.2) is 65.1 Å². The molecular weight excluding hydrogens is 606 g/mol. The van der Waals surface area contributed by atoms with Crippen molar-refractivity contribution in [3.8, 4) is 11.5 Å². The minimum absolute atomic E-state index is 0. The van der Waals surface area contributed by atoms with Gasteiger partial charge < -0.3 is 14.8 Å². The first-order chi connectivity index (χ1) is 16.5. The maximum absolute atomic E-state index is 6.28. The van der Waals surface area contributed by atoms with Crippen LogP contribution in [0.2, 0.25) is 10.0 Å². The molecule has 0 radical (unpaired) electrons. The van der Waals surface area contributed by atoms with Crippen LogP contribution >= 0.6 is 63.9 Å². The van der Waals surface area contributed by atoms with Crippen molar-refractivity contribution in [3.05, 3.63) is 91.9 Å². The predicted molar refractivity (Wildman–Crippen MR) is 158 cm³/mol. The molecule has 0 bridgehead atoms. The summed E-state index contributed by atoms with van der Waals surface area (Å²) in [5.41, 5.74) is 3.39. The molecule has 196 valence electrons. The standard InChI is InChI=1S/C27H29BrCl2N2O2.2ClH/c1-33-26-14-20(13-24(28)27(26)34-18-21-7-8-22(29)15-25(21)30)16-31-23-9-11-32(12-10-23)17-19-5-3-2-4-6-19;;/h2-8,13-15,23,31H,9-12,16-18H2,1H3;2*1H. The number of benzene rings is 3. The molecule has 0 aliphatic carbocycles. The van der Waals surface area contributed by atoms with Gasteiger partial charge in [0.2, 0.25) is 0 Å². The van der Waals surface area contributed by atoms with E-state index in [1.54, 1.807) is 19.2 Å². The van der Waals surface area contributed by atoms with Crippen LogP contribution in [0.5, 0.6) is 11.5 Å². The normalized spacial score (nSPS) is 14.0. The Hall–Kier alpha value is -1.18. The van der Waals surface area contributed by atoms with Crippen molar-refractivity contribution in [1.82, 2.24) is 10.2 Å². The number of methoxy groups -OCH3 is 1. The molecule has 1 heterocycles. The van der Waals surface area contributed by atoms with Crippen molar-refractivity contribution >= 4 is 63.9 Å². The molecule has 4 rings (SSSR count). The highest BCUT2D eigenvalue weighted by molar-refractivity contribution is 9.10. The third-order valence-corrected chi connectivity index (χ3v) is 7.28. The molecular formula is C27H31BrCl4N2O2. The fourth-order valence-corrected chi connectivity index (χ4v) is 5.27. The van der Waals surface area contributed by atoms with Crippen LogP contribution in [0.3, 0.4) is 0 Å². The number of hydrogen-bond donors (Lipinski definition) is 1. The zero-order valence-electron chi connectivity index (χ0n) is 20.0. The lowest BCUT2D eigenvalue weighted by atomic mass is 10.0. The van der Waals surface area contributed by atoms with Crippen molar-refractivity contribution < 1.29 is 9.47 Å². The molecule has 1 fully saturated rings. The zero-order chi connectivity index (χ0) is 23.9. The quantitative estimate of drug-likeness (QED) is 0.259. The van der Waals surface area contributed by atoms with Crippen LogP contribution in [0.4, 0.5) is 0 Å². The summed E-state index contributed by atoms with van der Waals surface area (Å²) in [5, 5.41) is 4.90. The van der Waals surface area contributed by atoms with Crippen LogP contribution in [0.1, 0.15) is 29.5 Å². The summed E-state index contributed by atoms with van der Waals surface area (Å²) >= 11 is 15.9. The van der Waals surface area contributed by atoms with Gasteiger partial charge in [0.25, 0.3) is 0 Å². The highest BCUT2D eigenvalue weighted by atomic mass is 79.9. The topological polar surface area (TPSA) is 33.7 Å². The van der Waals surface area contributed by atoms with Gasteiger partial charge in [-0.3, -0.25) is 4.90 Å². The van der Waals surface area contributed by atoms with Crippen molar-refractivity contribution in [2.24, 2.45) is 0 Å². The Labute approximate surface area is 244 Å². The molecule has 0 spiro atoms. The minimum Gasteiger partial charge on any atom is -0.493 e. The molecule has 1 aliphatic heterocycles. The molecule has 3 aromatic carbocycles. The van der Waals surface area contributed by atoms with Gasteiger partial charge in [-0.25, -0.2) is 0 Å². The van der Waals surface area contributed by atoms with E-state index < -0.39 is 0 Å². The van der Waals surface area contributed by atoms with Gasteiger partial charge in [-0.2, -0.15) is 0 Å². The average molecular weight is 637 g/mol. The third-order valence-electron chi connectivity index (χ3n) is 6.11. The van der Waals surface area contributed by atoms with Crippen molar-refractivity contribution in [2.45, 2.75) is 38.6 Å². The van der Waals surface area contributed by atoms with Crippen molar-refractivity contribution in [3.63, 3.8) is 0 Å². The smallest absolute Gasteiger partial charge is 0.175 e. The number of nitrogens with one attached hydrogen (secondary N) is 1. The van der Waals surface area contributed by atoms with E-state index in [0.29, 0.717) is 34.2 Å². The Morgan fingerprint density at radius 1 is 0.972 bits per heavy atom. The SMILES string of the molecule is COc1cc(CNC2CCN(Cc3ccccc3)CC2)cc(Br)c1OCc1ccc(Cl)cc1Cl.Cl.Cl. The maximum atomic E-state index is 6.28. The number of halogens is 5. The summed E-state index contributed by atoms with van der Waals surface area (Å²) < 4.78 is 12.5. The summed E-state index contributed by atoms with van der Waals surface area (Å²) in [6, 6.07) is 20.7. The Morgan fingerprint density at radius 3 is 2.36 bits per heavy atom. The van der Waals surface area contributed by atoms with Crippen LogP contribution < -0.4 is 14.8 Å². The second-order valence-corrected chi connectivity index (χ2v) is 10.2. The first-order valence-electron chi connectivity index (χ1n) is 11.4. The Bertz CT molecular complexity index is 1100. The molecule has 1 aliphatic rings. The summed E-state index contributed by atoms with van der Waals surface area (Å²) in [6.07, 6.45) is 2.29. The van der Waals surface area contributed by atoms with E-state index in [4.69, 9.17) is 32.7 Å². The van der Waals surface area contributed by atoms with E-state index in [2.05, 4.69) is 62.5 Å². The maximum Gasteiger partial charge on any atom is 0.175 e. The Morgan fingerprint density at radius 2 is 1.69 bits per heavy atom. The van der Waals surface area contributed by atoms with Crippen LogP contribution in [0, 0.1) is 0 Å². The summed E-state index contributed by atoms with van der Waals surface area (Å²) in [7, 11) is 1.66. The largest absolute Gasteiger partial charge is 0.493 e. The second kappa shape index (κ2) is 15.3. The van der Waals surface area contributed by atoms with Gasteiger partial charge >= 0.3 is 0 Å². The second-order valence-electron chi connectivity index (χ2n) is 8.55. The van der Waals surface area contributed by atoms with Crippen molar-refractivity contribution in [2.75, 3.05) is 20.2 Å². The lowest BCUT2D eigenvalue weighted by Crippen LogP contribution is -2.41. The van der Waals surface area contributed by atoms with Crippen LogP contribution in [-0.2, 0) is 19.7 Å². The van der Waals surface area contributed by atoms with E-state index in [9.17, 15) is 0 Å². The molecule has 36 heavy (non-hydrogen) atoms. The molecule has 0 atom stereocenters. The number of nitrogens with zero attached hydrogens (tertiary/aromatic N) is 1. The van der Waals surface area contributed by atoms with Gasteiger partial charge in [-0.05, 0) is 77.3 Å². The van der Waals surface area contributed by atoms with Crippen LogP contribution in [0.25, 0.3) is 0 Å². The number of ether oxygens (including phenoxy) is 2. The van der Waals surface area contributed by atoms with Crippen molar-refractivity contribution in [1.29, 1.82) is 0 Å². The number of hydrogen-bond acceptors (Lipinski definition) is 4. The summed E-state index contributed by atoms with van der Waals surface area (Å²) in [5.74, 6) is 1.35. The monoisotopic (exact) mass is 634 g/mol. The lowest BCUT2D eigenvalue weighted by molar-refractivity contribution is 0.190. The molecule has 0 amide bonds. The molecule has 9 heteroatoms. The molecule has 1 saturated heterocycles. The van der Waals surface area contributed by atoms with E-state index in [-0.39, 0.29) is 24.8 Å². The van der Waals surface area contributed by atoms with E-state index in [0.717, 1.165) is 54.6 Å². The molecule has 0 aromatic heterocycles. The Balaban J connectivity index is 0.00000228. The van der Waals surface area contributed by atoms with Gasteiger partial charge in [-0.15, -0.1) is 24.8 Å². The molecule has 1 N–H and O–H groups in total. The van der Waals surface area contributed by atoms with Gasteiger partial charge in [0, 0.05) is 34.7 Å². The van der Waals surface area contributed by atoms with E-state index in [1.165, 1.54) is 5.56 Å². The zero-order valence-corrected chi connectivity index (χ0v) is 24.7. The molecule has 0 saturated carbocycles. The van der Waals surface area contributed by atoms with Gasteiger partial charge in [-0.1, -0.05) is 59.6 Å². The molecule has 3 aromatic rings. The average Bonchev–Trinajstić information content (AvgIpc) is 2.84. The fraction of sp³-hybridized carbons (Fsp3) is 0.333. The third kappa shape index (κ3) is 8.70. The fourth-order valence-electron chi connectivity index (χ4n) is 4.20. The summed E-state index contributed by atoms with van der Waals surface area (Å²) in [6.45, 7) is 4.35. The van der Waals surface area contributed by atoms with Gasteiger partial charge in [0.15, 0.2) is 11.5 Å². The Kier molecular flexibility index (Phi) is 13.2. The van der Waals surface area contributed by atoms with Crippen LogP contribution in [-0.4, -0.2) is 31.1 Å². The van der Waals surface area contributed by atoms with Gasteiger partial charge in [0.05, 0.1) is 11.6 Å². The van der Waals surface area contributed by atoms with E-state index >= 15 is 0 Å². The molecule has 4 nitrogen and oxygen atoms in total. The number of rotatable bonds is 9. The van der Waals surface area contributed by atoms with E-state index in [1.807, 2.05) is 12.1 Å². The first-order valence-corrected chi connectivity index (χ1v) is 13.0.